The highest BCUT2D eigenvalue weighted by Gasteiger charge is 2.19. The van der Waals surface area contributed by atoms with E-state index in [4.69, 9.17) is 16.3 Å². The molecule has 0 aliphatic carbocycles. The average Bonchev–Trinajstić information content (AvgIpc) is 2.76. The van der Waals surface area contributed by atoms with Crippen molar-refractivity contribution in [2.24, 2.45) is 0 Å². The van der Waals surface area contributed by atoms with E-state index in [0.717, 1.165) is 11.1 Å². The molecule has 0 fully saturated rings. The summed E-state index contributed by atoms with van der Waals surface area (Å²) in [6.07, 6.45) is -0.735. The minimum absolute atomic E-state index is 0.0648. The van der Waals surface area contributed by atoms with Crippen LogP contribution in [-0.4, -0.2) is 20.4 Å². The summed E-state index contributed by atoms with van der Waals surface area (Å²) in [5.74, 6) is 0.589. The van der Waals surface area contributed by atoms with Crippen LogP contribution in [0.1, 0.15) is 37.8 Å². The van der Waals surface area contributed by atoms with E-state index < -0.39 is 16.1 Å². The van der Waals surface area contributed by atoms with Gasteiger partial charge in [0.1, 0.15) is 5.75 Å². The smallest absolute Gasteiger partial charge is 0.265 e. The molecule has 33 heavy (non-hydrogen) atoms. The maximum atomic E-state index is 12.7. The zero-order valence-corrected chi connectivity index (χ0v) is 20.5. The SMILES string of the molecule is Cc1ccc(Cl)cc1NS(=O)(=O)c1ccc(NC(=O)[C@H](C)Oc2ccccc2C(C)C)cc1. The lowest BCUT2D eigenvalue weighted by Crippen LogP contribution is -2.30. The highest BCUT2D eigenvalue weighted by atomic mass is 35.5. The summed E-state index contributed by atoms with van der Waals surface area (Å²) in [5, 5.41) is 3.19. The summed E-state index contributed by atoms with van der Waals surface area (Å²) in [5.41, 5.74) is 2.65. The third-order valence-electron chi connectivity index (χ3n) is 5.09. The summed E-state index contributed by atoms with van der Waals surface area (Å²) in [6, 6.07) is 18.5. The number of ether oxygens (including phenoxy) is 1. The molecule has 0 aromatic heterocycles. The molecular weight excluding hydrogens is 460 g/mol. The molecule has 0 saturated heterocycles. The fraction of sp³-hybridized carbons (Fsp3) is 0.240. The van der Waals surface area contributed by atoms with Gasteiger partial charge < -0.3 is 10.1 Å². The molecule has 3 aromatic rings. The lowest BCUT2D eigenvalue weighted by atomic mass is 10.0. The van der Waals surface area contributed by atoms with Crippen molar-refractivity contribution in [3.63, 3.8) is 0 Å². The van der Waals surface area contributed by atoms with Gasteiger partial charge in [-0.15, -0.1) is 0 Å². The molecule has 0 heterocycles. The molecule has 3 aromatic carbocycles. The second-order valence-corrected chi connectivity index (χ2v) is 10.1. The van der Waals surface area contributed by atoms with Crippen LogP contribution in [0, 0.1) is 6.92 Å². The topological polar surface area (TPSA) is 84.5 Å². The van der Waals surface area contributed by atoms with E-state index >= 15 is 0 Å². The van der Waals surface area contributed by atoms with Crippen LogP contribution in [0.5, 0.6) is 5.75 Å². The highest BCUT2D eigenvalue weighted by Crippen LogP contribution is 2.27. The number of sulfonamides is 1. The van der Waals surface area contributed by atoms with Crippen LogP contribution in [0.2, 0.25) is 5.02 Å². The Labute approximate surface area is 200 Å². The predicted molar refractivity (Wildman–Crippen MR) is 133 cm³/mol. The summed E-state index contributed by atoms with van der Waals surface area (Å²) >= 11 is 5.98. The second kappa shape index (κ2) is 10.3. The Morgan fingerprint density at radius 3 is 2.30 bits per heavy atom. The quantitative estimate of drug-likeness (QED) is 0.410. The summed E-state index contributed by atoms with van der Waals surface area (Å²) < 4.78 is 33.9. The van der Waals surface area contributed by atoms with Gasteiger partial charge in [0.15, 0.2) is 6.10 Å². The van der Waals surface area contributed by atoms with E-state index in [1.54, 1.807) is 32.0 Å². The van der Waals surface area contributed by atoms with Crippen LogP contribution < -0.4 is 14.8 Å². The van der Waals surface area contributed by atoms with Crippen molar-refractivity contribution in [2.45, 2.75) is 44.6 Å². The molecule has 8 heteroatoms. The van der Waals surface area contributed by atoms with E-state index in [1.807, 2.05) is 24.3 Å². The van der Waals surface area contributed by atoms with Crippen molar-refractivity contribution in [2.75, 3.05) is 10.0 Å². The summed E-state index contributed by atoms with van der Waals surface area (Å²) in [4.78, 5) is 12.7. The van der Waals surface area contributed by atoms with Crippen molar-refractivity contribution >= 4 is 38.9 Å². The fourth-order valence-electron chi connectivity index (χ4n) is 3.18. The monoisotopic (exact) mass is 486 g/mol. The van der Waals surface area contributed by atoms with Gasteiger partial charge in [-0.2, -0.15) is 0 Å². The van der Waals surface area contributed by atoms with Crippen LogP contribution in [-0.2, 0) is 14.8 Å². The van der Waals surface area contributed by atoms with Gasteiger partial charge in [-0.05, 0) is 73.4 Å². The molecule has 174 valence electrons. The Morgan fingerprint density at radius 1 is 0.970 bits per heavy atom. The van der Waals surface area contributed by atoms with Gasteiger partial charge in [0, 0.05) is 10.7 Å². The molecule has 0 aliphatic heterocycles. The number of rotatable bonds is 8. The molecule has 1 amide bonds. The number of carbonyl (C=O) groups excluding carboxylic acids is 1. The van der Waals surface area contributed by atoms with Gasteiger partial charge in [0.2, 0.25) is 0 Å². The van der Waals surface area contributed by atoms with Crippen molar-refractivity contribution in [3.8, 4) is 5.75 Å². The van der Waals surface area contributed by atoms with Crippen LogP contribution >= 0.6 is 11.6 Å². The molecule has 0 unspecified atom stereocenters. The molecule has 3 rings (SSSR count). The van der Waals surface area contributed by atoms with Gasteiger partial charge in [0.05, 0.1) is 10.6 Å². The third kappa shape index (κ3) is 6.27. The number of hydrogen-bond acceptors (Lipinski definition) is 4. The Bertz CT molecular complexity index is 1240. The van der Waals surface area contributed by atoms with Crippen LogP contribution in [0.25, 0.3) is 0 Å². The van der Waals surface area contributed by atoms with Gasteiger partial charge in [-0.3, -0.25) is 9.52 Å². The molecule has 0 aliphatic rings. The highest BCUT2D eigenvalue weighted by molar-refractivity contribution is 7.92. The first-order chi connectivity index (χ1) is 15.6. The molecule has 1 atom stereocenters. The van der Waals surface area contributed by atoms with Crippen molar-refractivity contribution in [3.05, 3.63) is 82.9 Å². The number of carbonyl (C=O) groups is 1. The van der Waals surface area contributed by atoms with Gasteiger partial charge >= 0.3 is 0 Å². The van der Waals surface area contributed by atoms with E-state index in [-0.39, 0.29) is 16.7 Å². The molecule has 2 N–H and O–H groups in total. The molecule has 0 bridgehead atoms. The number of amides is 1. The largest absolute Gasteiger partial charge is 0.481 e. The Kier molecular flexibility index (Phi) is 7.66. The lowest BCUT2D eigenvalue weighted by Gasteiger charge is -2.18. The second-order valence-electron chi connectivity index (χ2n) is 8.03. The first kappa shape index (κ1) is 24.6. The zero-order chi connectivity index (χ0) is 24.2. The van der Waals surface area contributed by atoms with Gasteiger partial charge in [0.25, 0.3) is 15.9 Å². The molecule has 6 nitrogen and oxygen atoms in total. The number of benzene rings is 3. The minimum atomic E-state index is -3.81. The van der Waals surface area contributed by atoms with Crippen LogP contribution in [0.15, 0.2) is 71.6 Å². The molecular formula is C25H27ClN2O4S. The number of para-hydroxylation sites is 1. The Morgan fingerprint density at radius 2 is 1.64 bits per heavy atom. The number of aryl methyl sites for hydroxylation is 1. The zero-order valence-electron chi connectivity index (χ0n) is 18.9. The first-order valence-corrected chi connectivity index (χ1v) is 12.4. The maximum absolute atomic E-state index is 12.7. The predicted octanol–water partition coefficient (Wildman–Crippen LogP) is 5.98. The first-order valence-electron chi connectivity index (χ1n) is 10.5. The van der Waals surface area contributed by atoms with E-state index in [1.165, 1.54) is 24.3 Å². The van der Waals surface area contributed by atoms with Crippen molar-refractivity contribution in [1.82, 2.24) is 0 Å². The fourth-order valence-corrected chi connectivity index (χ4v) is 4.47. The molecule has 0 radical (unpaired) electrons. The lowest BCUT2D eigenvalue weighted by molar-refractivity contribution is -0.122. The Balaban J connectivity index is 1.67. The Hall–Kier alpha value is -3.03. The number of hydrogen-bond donors (Lipinski definition) is 2. The average molecular weight is 487 g/mol. The molecule has 0 saturated carbocycles. The number of anilines is 2. The number of halogens is 1. The van der Waals surface area contributed by atoms with Crippen LogP contribution in [0.4, 0.5) is 11.4 Å². The van der Waals surface area contributed by atoms with E-state index in [0.29, 0.717) is 22.1 Å². The van der Waals surface area contributed by atoms with E-state index in [2.05, 4.69) is 23.9 Å². The minimum Gasteiger partial charge on any atom is -0.481 e. The standard InChI is InChI=1S/C25H27ClN2O4S/c1-16(2)22-7-5-6-8-24(22)32-18(4)25(29)27-20-11-13-21(14-12-20)33(30,31)28-23-15-19(26)10-9-17(23)3/h5-16,18,28H,1-4H3,(H,27,29)/t18-/m0/s1. The van der Waals surface area contributed by atoms with Crippen LogP contribution in [0.3, 0.4) is 0 Å². The summed E-state index contributed by atoms with van der Waals surface area (Å²) in [6.45, 7) is 7.58. The maximum Gasteiger partial charge on any atom is 0.265 e. The van der Waals surface area contributed by atoms with E-state index in [9.17, 15) is 13.2 Å². The summed E-state index contributed by atoms with van der Waals surface area (Å²) in [7, 11) is -3.81. The number of nitrogens with one attached hydrogen (secondary N) is 2. The van der Waals surface area contributed by atoms with Crippen molar-refractivity contribution < 1.29 is 17.9 Å². The van der Waals surface area contributed by atoms with Gasteiger partial charge in [-0.1, -0.05) is 49.7 Å². The molecule has 0 spiro atoms. The van der Waals surface area contributed by atoms with Gasteiger partial charge in [-0.25, -0.2) is 8.42 Å². The van der Waals surface area contributed by atoms with Crippen molar-refractivity contribution in [1.29, 1.82) is 0 Å². The third-order valence-corrected chi connectivity index (χ3v) is 6.71. The normalized spacial score (nSPS) is 12.3.